The normalized spacial score (nSPS) is 39.7. The van der Waals surface area contributed by atoms with E-state index >= 15 is 0 Å². The number of Topliss-reactive ketones (excluding diaryl/α,β-unsaturated/α-hetero) is 2. The quantitative estimate of drug-likeness (QED) is 0.230. The number of aliphatic hydroxyl groups excluding tert-OH is 1. The number of fused-ring (bicyclic) bond motifs is 1. The third-order valence-corrected chi connectivity index (χ3v) is 11.4. The lowest BCUT2D eigenvalue weighted by Gasteiger charge is -2.47. The molecule has 52 heavy (non-hydrogen) atoms. The number of carbonyl (C=O) groups excluding carboxylic acids is 4. The molecule has 4 rings (SSSR count). The number of aliphatic hydroxyl groups is 1. The Hall–Kier alpha value is -3.23. The summed E-state index contributed by atoms with van der Waals surface area (Å²) in [5, 5.41) is 17.1. The number of esters is 1. The Balaban J connectivity index is 1.77. The summed E-state index contributed by atoms with van der Waals surface area (Å²) in [6.45, 7) is 13.7. The van der Waals surface area contributed by atoms with Gasteiger partial charge in [-0.15, -0.1) is 0 Å². The highest BCUT2D eigenvalue weighted by atomic mass is 16.7. The van der Waals surface area contributed by atoms with Crippen LogP contribution in [0.3, 0.4) is 0 Å². The second-order valence-corrected chi connectivity index (χ2v) is 15.5. The van der Waals surface area contributed by atoms with Gasteiger partial charge >= 0.3 is 12.1 Å². The number of ether oxygens (including phenoxy) is 5. The Kier molecular flexibility index (Phi) is 13.4. The molecule has 0 unspecified atom stereocenters. The second-order valence-electron chi connectivity index (χ2n) is 15.5. The summed E-state index contributed by atoms with van der Waals surface area (Å²) < 4.78 is 30.9. The molecule has 0 bridgehead atoms. The number of hydrogen-bond donors (Lipinski definition) is 1. The molecule has 0 radical (unpaired) electrons. The molecule has 0 aromatic heterocycles. The number of cyclic esters (lactones) is 1. The molecule has 290 valence electrons. The van der Waals surface area contributed by atoms with Crippen molar-refractivity contribution in [2.45, 2.75) is 135 Å². The van der Waals surface area contributed by atoms with E-state index in [0.717, 1.165) is 5.56 Å². The van der Waals surface area contributed by atoms with Crippen LogP contribution in [0.15, 0.2) is 35.4 Å². The molecule has 0 saturated carbocycles. The van der Waals surface area contributed by atoms with Gasteiger partial charge in [-0.25, -0.2) is 4.79 Å². The van der Waals surface area contributed by atoms with Crippen LogP contribution in [0, 0.1) is 23.7 Å². The minimum absolute atomic E-state index is 0.107. The number of nitrogens with zero attached hydrogens (tertiary/aromatic N) is 3. The van der Waals surface area contributed by atoms with E-state index in [1.54, 1.807) is 47.8 Å². The van der Waals surface area contributed by atoms with Crippen LogP contribution in [-0.4, -0.2) is 120 Å². The standard InChI is InChI=1S/C39H59N3O10/c1-12-29-39(8)33(42(37(47)52-39)40-19-18-27-16-14-13-15-17-27)24(4)30(43)22(2)21-38(7,48-11)34(25(5)31(44)26(6)35(46)50-29)51-36-32(45)28(41(9)10)20-23(3)49-36/h13-17,19,22-26,28-29,32-34,36,45H,12,18,20-21H2,1-11H3/b40-19+/t22-,23-,24+,25+,26-,28+,29-,32-,33-,34-,36+,38-,39-/m1/s1. The SMILES string of the molecule is CC[C@H]1OC(=O)[C@H](C)C(=O)[C@H](C)[C@@H](O[C@@H]2O[C@H](C)C[C@H](N(C)C)[C@H]2O)[C@](C)(OC)C[C@@H](C)C(=O)[C@H](C)[C@H]2N(/N=C/Cc3ccccc3)C(=O)O[C@]12C. The topological polar surface area (TPSA) is 154 Å². The molecule has 3 fully saturated rings. The Bertz CT molecular complexity index is 1460. The molecule has 1 N–H and O–H groups in total. The van der Waals surface area contributed by atoms with Gasteiger partial charge in [-0.2, -0.15) is 10.1 Å². The largest absolute Gasteiger partial charge is 0.457 e. The number of rotatable bonds is 8. The number of amides is 1. The van der Waals surface area contributed by atoms with Gasteiger partial charge in [0.15, 0.2) is 17.7 Å². The van der Waals surface area contributed by atoms with Crippen molar-refractivity contribution in [1.82, 2.24) is 9.91 Å². The van der Waals surface area contributed by atoms with Crippen molar-refractivity contribution in [3.05, 3.63) is 35.9 Å². The van der Waals surface area contributed by atoms with E-state index in [9.17, 15) is 24.3 Å². The maximum atomic E-state index is 14.5. The smallest absolute Gasteiger partial charge is 0.431 e. The monoisotopic (exact) mass is 729 g/mol. The molecule has 3 aliphatic rings. The van der Waals surface area contributed by atoms with Crippen molar-refractivity contribution in [3.63, 3.8) is 0 Å². The average molecular weight is 730 g/mol. The number of ketones is 2. The fraction of sp³-hybridized carbons (Fsp3) is 0.718. The number of benzene rings is 1. The van der Waals surface area contributed by atoms with Gasteiger partial charge in [-0.1, -0.05) is 58.0 Å². The van der Waals surface area contributed by atoms with Gasteiger partial charge in [0.1, 0.15) is 30.0 Å². The third-order valence-electron chi connectivity index (χ3n) is 11.4. The Morgan fingerprint density at radius 2 is 1.67 bits per heavy atom. The number of methoxy groups -OCH3 is 1. The van der Waals surface area contributed by atoms with Crippen molar-refractivity contribution in [1.29, 1.82) is 0 Å². The van der Waals surface area contributed by atoms with Crippen molar-refractivity contribution in [2.75, 3.05) is 21.2 Å². The number of carbonyl (C=O) groups is 4. The lowest BCUT2D eigenvalue weighted by molar-refractivity contribution is -0.295. The molecule has 13 heteroatoms. The molecule has 3 aliphatic heterocycles. The zero-order valence-corrected chi connectivity index (χ0v) is 32.6. The highest BCUT2D eigenvalue weighted by molar-refractivity contribution is 6.00. The Morgan fingerprint density at radius 1 is 1.02 bits per heavy atom. The first kappa shape index (κ1) is 41.5. The van der Waals surface area contributed by atoms with E-state index in [1.807, 2.05) is 56.3 Å². The van der Waals surface area contributed by atoms with Gasteiger partial charge < -0.3 is 33.7 Å². The average Bonchev–Trinajstić information content (AvgIpc) is 3.37. The fourth-order valence-electron chi connectivity index (χ4n) is 8.31. The molecular formula is C39H59N3O10. The molecule has 13 atom stereocenters. The van der Waals surface area contributed by atoms with Gasteiger partial charge in [0, 0.05) is 43.5 Å². The van der Waals surface area contributed by atoms with E-state index in [-0.39, 0.29) is 30.8 Å². The summed E-state index contributed by atoms with van der Waals surface area (Å²) in [6.07, 6.45) is -2.33. The van der Waals surface area contributed by atoms with Crippen LogP contribution in [0.25, 0.3) is 0 Å². The van der Waals surface area contributed by atoms with Crippen LogP contribution >= 0.6 is 0 Å². The van der Waals surface area contributed by atoms with Crippen molar-refractivity contribution in [3.8, 4) is 0 Å². The molecule has 0 aliphatic carbocycles. The van der Waals surface area contributed by atoms with Gasteiger partial charge in [-0.3, -0.25) is 14.4 Å². The summed E-state index contributed by atoms with van der Waals surface area (Å²) in [4.78, 5) is 58.1. The van der Waals surface area contributed by atoms with Crippen LogP contribution in [0.2, 0.25) is 0 Å². The van der Waals surface area contributed by atoms with Gasteiger partial charge in [-0.05, 0) is 66.6 Å². The van der Waals surface area contributed by atoms with Crippen LogP contribution in [-0.2, 0) is 44.5 Å². The van der Waals surface area contributed by atoms with E-state index in [0.29, 0.717) is 12.8 Å². The lowest BCUT2D eigenvalue weighted by atomic mass is 9.73. The predicted octanol–water partition coefficient (Wildman–Crippen LogP) is 4.42. The number of likely N-dealkylation sites (N-methyl/N-ethyl adjacent to an activating group) is 1. The van der Waals surface area contributed by atoms with Gasteiger partial charge in [0.05, 0.1) is 17.8 Å². The molecule has 1 aromatic rings. The fourth-order valence-corrected chi connectivity index (χ4v) is 8.31. The third kappa shape index (κ3) is 8.44. The van der Waals surface area contributed by atoms with Crippen LogP contribution in [0.5, 0.6) is 0 Å². The Morgan fingerprint density at radius 3 is 2.27 bits per heavy atom. The Labute approximate surface area is 308 Å². The van der Waals surface area contributed by atoms with E-state index in [2.05, 4.69) is 5.10 Å². The summed E-state index contributed by atoms with van der Waals surface area (Å²) >= 11 is 0. The first-order valence-electron chi connectivity index (χ1n) is 18.5. The van der Waals surface area contributed by atoms with E-state index < -0.39 is 83.4 Å². The summed E-state index contributed by atoms with van der Waals surface area (Å²) in [7, 11) is 5.21. The zero-order valence-electron chi connectivity index (χ0n) is 32.6. The van der Waals surface area contributed by atoms with Crippen LogP contribution in [0.4, 0.5) is 4.79 Å². The number of hydrogen-bond acceptors (Lipinski definition) is 12. The van der Waals surface area contributed by atoms with Crippen molar-refractivity contribution in [2.24, 2.45) is 28.8 Å². The van der Waals surface area contributed by atoms with Crippen molar-refractivity contribution >= 4 is 29.8 Å². The molecule has 3 saturated heterocycles. The molecule has 1 aromatic carbocycles. The number of hydrazone groups is 1. The molecular weight excluding hydrogens is 670 g/mol. The minimum atomic E-state index is -1.48. The van der Waals surface area contributed by atoms with Crippen LogP contribution in [0.1, 0.15) is 80.2 Å². The van der Waals surface area contributed by atoms with E-state index in [4.69, 9.17) is 23.7 Å². The first-order chi connectivity index (χ1) is 24.4. The molecule has 0 spiro atoms. The maximum Gasteiger partial charge on any atom is 0.431 e. The molecule has 13 nitrogen and oxygen atoms in total. The molecule has 3 heterocycles. The van der Waals surface area contributed by atoms with Gasteiger partial charge in [0.2, 0.25) is 0 Å². The highest BCUT2D eigenvalue weighted by Crippen LogP contribution is 2.43. The summed E-state index contributed by atoms with van der Waals surface area (Å²) in [5.41, 5.74) is -1.78. The highest BCUT2D eigenvalue weighted by Gasteiger charge is 2.61. The lowest BCUT2D eigenvalue weighted by Crippen LogP contribution is -2.60. The summed E-state index contributed by atoms with van der Waals surface area (Å²) in [6, 6.07) is 8.37. The minimum Gasteiger partial charge on any atom is -0.457 e. The van der Waals surface area contributed by atoms with Gasteiger partial charge in [0.25, 0.3) is 0 Å². The van der Waals surface area contributed by atoms with Crippen LogP contribution < -0.4 is 0 Å². The first-order valence-corrected chi connectivity index (χ1v) is 18.5. The van der Waals surface area contributed by atoms with E-state index in [1.165, 1.54) is 19.0 Å². The summed E-state index contributed by atoms with van der Waals surface area (Å²) in [5.74, 6) is -5.18. The second kappa shape index (κ2) is 16.8. The van der Waals surface area contributed by atoms with Crippen molar-refractivity contribution < 1.29 is 48.0 Å². The molecule has 1 amide bonds. The zero-order chi connectivity index (χ0) is 38.7. The maximum absolute atomic E-state index is 14.5. The predicted molar refractivity (Wildman–Crippen MR) is 193 cm³/mol.